The van der Waals surface area contributed by atoms with E-state index in [1.54, 1.807) is 0 Å². The van der Waals surface area contributed by atoms with Crippen LogP contribution in [0.4, 0.5) is 0 Å². The molecule has 3 heteroatoms. The van der Waals surface area contributed by atoms with E-state index < -0.39 is 0 Å². The Kier molecular flexibility index (Phi) is 4.35. The summed E-state index contributed by atoms with van der Waals surface area (Å²) in [4.78, 5) is 15.0. The molecule has 124 valence electrons. The Bertz CT molecular complexity index is 688. The smallest absolute Gasteiger partial charge is 0.251 e. The summed E-state index contributed by atoms with van der Waals surface area (Å²) >= 11 is 0. The molecule has 0 radical (unpaired) electrons. The Balaban J connectivity index is 1.38. The standard InChI is InChI=1S/C21H24N2O/c24-21(22-20-15-23-12-10-18(20)11-13-23)19-8-6-17(7-9-19)14-16-4-2-1-3-5-16/h1-9,18,20H,10-15H2,(H,22,24). The number of nitrogens with one attached hydrogen (secondary N) is 1. The number of rotatable bonds is 4. The Hall–Kier alpha value is -2.13. The maximum Gasteiger partial charge on any atom is 0.251 e. The first-order chi connectivity index (χ1) is 11.8. The fraction of sp³-hybridized carbons (Fsp3) is 0.381. The van der Waals surface area contributed by atoms with E-state index in [1.807, 2.05) is 18.2 Å². The second kappa shape index (κ2) is 6.78. The zero-order valence-electron chi connectivity index (χ0n) is 13.9. The van der Waals surface area contributed by atoms with E-state index in [0.29, 0.717) is 12.0 Å². The molecule has 2 aromatic rings. The minimum atomic E-state index is 0.0695. The molecule has 1 atom stereocenters. The number of carbonyl (C=O) groups is 1. The van der Waals surface area contributed by atoms with Crippen molar-refractivity contribution in [1.29, 1.82) is 0 Å². The Morgan fingerprint density at radius 1 is 0.958 bits per heavy atom. The van der Waals surface area contributed by atoms with Crippen LogP contribution in [0.5, 0.6) is 0 Å². The maximum absolute atomic E-state index is 12.5. The van der Waals surface area contributed by atoms with Crippen molar-refractivity contribution in [3.63, 3.8) is 0 Å². The molecule has 0 saturated carbocycles. The van der Waals surface area contributed by atoms with E-state index in [9.17, 15) is 4.79 Å². The van der Waals surface area contributed by atoms with E-state index in [2.05, 4.69) is 46.6 Å². The van der Waals surface area contributed by atoms with Crippen LogP contribution in [-0.2, 0) is 6.42 Å². The molecule has 24 heavy (non-hydrogen) atoms. The predicted octanol–water partition coefficient (Wildman–Crippen LogP) is 3.10. The van der Waals surface area contributed by atoms with Gasteiger partial charge in [-0.05, 0) is 61.5 Å². The first-order valence-electron chi connectivity index (χ1n) is 8.94. The number of carbonyl (C=O) groups excluding carboxylic acids is 1. The van der Waals surface area contributed by atoms with E-state index in [-0.39, 0.29) is 5.91 Å². The molecule has 2 bridgehead atoms. The first kappa shape index (κ1) is 15.4. The number of piperidine rings is 3. The number of hydrogen-bond acceptors (Lipinski definition) is 2. The van der Waals surface area contributed by atoms with Crippen molar-refractivity contribution < 1.29 is 4.79 Å². The van der Waals surface area contributed by atoms with Crippen molar-refractivity contribution in [1.82, 2.24) is 10.2 Å². The van der Waals surface area contributed by atoms with Crippen LogP contribution in [0.1, 0.15) is 34.3 Å². The van der Waals surface area contributed by atoms with Crippen LogP contribution in [0.3, 0.4) is 0 Å². The van der Waals surface area contributed by atoms with Crippen molar-refractivity contribution in [3.8, 4) is 0 Å². The van der Waals surface area contributed by atoms with Gasteiger partial charge in [0.05, 0.1) is 0 Å². The maximum atomic E-state index is 12.5. The van der Waals surface area contributed by atoms with Crippen LogP contribution in [0.25, 0.3) is 0 Å². The molecule has 1 N–H and O–H groups in total. The molecule has 1 amide bonds. The molecule has 2 aromatic carbocycles. The molecular formula is C21H24N2O. The van der Waals surface area contributed by atoms with Crippen LogP contribution in [0, 0.1) is 5.92 Å². The normalized spacial score (nSPS) is 25.4. The lowest BCUT2D eigenvalue weighted by Crippen LogP contribution is -2.57. The van der Waals surface area contributed by atoms with Gasteiger partial charge in [0.25, 0.3) is 5.91 Å². The Morgan fingerprint density at radius 3 is 2.25 bits per heavy atom. The highest BCUT2D eigenvalue weighted by molar-refractivity contribution is 5.94. The average Bonchev–Trinajstić information content (AvgIpc) is 2.64. The Morgan fingerprint density at radius 2 is 1.62 bits per heavy atom. The minimum Gasteiger partial charge on any atom is -0.348 e. The molecule has 3 saturated heterocycles. The minimum absolute atomic E-state index is 0.0695. The van der Waals surface area contributed by atoms with Crippen LogP contribution in [0.15, 0.2) is 54.6 Å². The molecule has 3 nitrogen and oxygen atoms in total. The SMILES string of the molecule is O=C(NC1CN2CCC1CC2)c1ccc(Cc2ccccc2)cc1. The Labute approximate surface area is 143 Å². The summed E-state index contributed by atoms with van der Waals surface area (Å²) in [5.41, 5.74) is 3.30. The zero-order valence-corrected chi connectivity index (χ0v) is 13.9. The molecule has 0 spiro atoms. The second-order valence-electron chi connectivity index (χ2n) is 7.08. The van der Waals surface area contributed by atoms with Crippen molar-refractivity contribution in [2.75, 3.05) is 19.6 Å². The molecule has 0 aromatic heterocycles. The largest absolute Gasteiger partial charge is 0.348 e. The molecule has 3 fully saturated rings. The number of benzene rings is 2. The molecule has 3 aliphatic rings. The molecule has 5 rings (SSSR count). The van der Waals surface area contributed by atoms with Gasteiger partial charge in [-0.3, -0.25) is 4.79 Å². The van der Waals surface area contributed by atoms with E-state index in [4.69, 9.17) is 0 Å². The molecular weight excluding hydrogens is 296 g/mol. The van der Waals surface area contributed by atoms with Crippen molar-refractivity contribution in [3.05, 3.63) is 71.3 Å². The summed E-state index contributed by atoms with van der Waals surface area (Å²) in [5, 5.41) is 3.26. The number of nitrogens with zero attached hydrogens (tertiary/aromatic N) is 1. The predicted molar refractivity (Wildman–Crippen MR) is 96.1 cm³/mol. The van der Waals surface area contributed by atoms with Gasteiger partial charge >= 0.3 is 0 Å². The summed E-state index contributed by atoms with van der Waals surface area (Å²) in [7, 11) is 0. The highest BCUT2D eigenvalue weighted by Crippen LogP contribution is 2.27. The lowest BCUT2D eigenvalue weighted by atomic mass is 9.84. The third-order valence-corrected chi connectivity index (χ3v) is 5.44. The van der Waals surface area contributed by atoms with Gasteiger partial charge in [0.2, 0.25) is 0 Å². The molecule has 1 unspecified atom stereocenters. The van der Waals surface area contributed by atoms with Gasteiger partial charge in [-0.25, -0.2) is 0 Å². The van der Waals surface area contributed by atoms with Gasteiger partial charge in [0.15, 0.2) is 0 Å². The van der Waals surface area contributed by atoms with Crippen LogP contribution >= 0.6 is 0 Å². The molecule has 3 aliphatic heterocycles. The van der Waals surface area contributed by atoms with Gasteiger partial charge < -0.3 is 10.2 Å². The first-order valence-corrected chi connectivity index (χ1v) is 8.94. The molecule has 3 heterocycles. The van der Waals surface area contributed by atoms with Gasteiger partial charge in [-0.15, -0.1) is 0 Å². The quantitative estimate of drug-likeness (QED) is 0.939. The van der Waals surface area contributed by atoms with Crippen LogP contribution < -0.4 is 5.32 Å². The third-order valence-electron chi connectivity index (χ3n) is 5.44. The highest BCUT2D eigenvalue weighted by Gasteiger charge is 2.34. The van der Waals surface area contributed by atoms with Crippen molar-refractivity contribution in [2.24, 2.45) is 5.92 Å². The highest BCUT2D eigenvalue weighted by atomic mass is 16.1. The van der Waals surface area contributed by atoms with Crippen LogP contribution in [-0.4, -0.2) is 36.5 Å². The van der Waals surface area contributed by atoms with E-state index in [0.717, 1.165) is 18.5 Å². The summed E-state index contributed by atoms with van der Waals surface area (Å²) in [6.45, 7) is 3.42. The second-order valence-corrected chi connectivity index (χ2v) is 7.08. The summed E-state index contributed by atoms with van der Waals surface area (Å²) in [6, 6.07) is 18.8. The van der Waals surface area contributed by atoms with Crippen molar-refractivity contribution >= 4 is 5.91 Å². The summed E-state index contributed by atoms with van der Waals surface area (Å²) < 4.78 is 0. The zero-order chi connectivity index (χ0) is 16.4. The lowest BCUT2D eigenvalue weighted by molar-refractivity contribution is 0.0620. The van der Waals surface area contributed by atoms with Crippen molar-refractivity contribution in [2.45, 2.75) is 25.3 Å². The fourth-order valence-corrected chi connectivity index (χ4v) is 3.99. The van der Waals surface area contributed by atoms with Gasteiger partial charge in [-0.1, -0.05) is 42.5 Å². The summed E-state index contributed by atoms with van der Waals surface area (Å²) in [6.07, 6.45) is 3.35. The van der Waals surface area contributed by atoms with Gasteiger partial charge in [0.1, 0.15) is 0 Å². The lowest BCUT2D eigenvalue weighted by Gasteiger charge is -2.44. The number of amides is 1. The van der Waals surface area contributed by atoms with Gasteiger partial charge in [0, 0.05) is 18.2 Å². The molecule has 0 aliphatic carbocycles. The van der Waals surface area contributed by atoms with E-state index in [1.165, 1.54) is 37.1 Å². The van der Waals surface area contributed by atoms with Crippen LogP contribution in [0.2, 0.25) is 0 Å². The summed E-state index contributed by atoms with van der Waals surface area (Å²) in [5.74, 6) is 0.733. The average molecular weight is 320 g/mol. The topological polar surface area (TPSA) is 32.3 Å². The van der Waals surface area contributed by atoms with E-state index >= 15 is 0 Å². The van der Waals surface area contributed by atoms with Gasteiger partial charge in [-0.2, -0.15) is 0 Å². The third kappa shape index (κ3) is 3.36. The monoisotopic (exact) mass is 320 g/mol. The number of hydrogen-bond donors (Lipinski definition) is 1. The number of fused-ring (bicyclic) bond motifs is 3. The fourth-order valence-electron chi connectivity index (χ4n) is 3.99.